The molecule has 0 fully saturated rings. The fraction of sp³-hybridized carbons (Fsp3) is 0.667. The maximum atomic E-state index is 4.22. The van der Waals surface area contributed by atoms with Gasteiger partial charge in [0.2, 0.25) is 0 Å². The molecule has 1 aromatic rings. The Balaban J connectivity index is 2.22. The average molecular weight is 165 g/mol. The molecule has 1 aliphatic rings. The average Bonchev–Trinajstić information content (AvgIpc) is 2.53. The van der Waals surface area contributed by atoms with Crippen molar-refractivity contribution < 1.29 is 0 Å². The molecule has 12 heavy (non-hydrogen) atoms. The van der Waals surface area contributed by atoms with Gasteiger partial charge in [-0.2, -0.15) is 5.10 Å². The van der Waals surface area contributed by atoms with Crippen LogP contribution in [0.5, 0.6) is 0 Å². The van der Waals surface area contributed by atoms with E-state index in [1.165, 1.54) is 11.3 Å². The Morgan fingerprint density at radius 3 is 2.75 bits per heavy atom. The molecule has 3 nitrogen and oxygen atoms in total. The van der Waals surface area contributed by atoms with Crippen molar-refractivity contribution in [2.24, 2.45) is 7.05 Å². The second kappa shape index (κ2) is 2.59. The Morgan fingerprint density at radius 1 is 1.42 bits per heavy atom. The Kier molecular flexibility index (Phi) is 1.68. The van der Waals surface area contributed by atoms with E-state index in [1.807, 2.05) is 17.9 Å². The number of fused-ring (bicyclic) bond motifs is 1. The minimum absolute atomic E-state index is 0.636. The highest BCUT2D eigenvalue weighted by Gasteiger charge is 2.23. The summed E-state index contributed by atoms with van der Waals surface area (Å²) in [5, 5.41) is 4.22. The monoisotopic (exact) mass is 165 g/mol. The minimum Gasteiger partial charge on any atom is -0.291 e. The van der Waals surface area contributed by atoms with E-state index in [0.717, 1.165) is 13.1 Å². The highest BCUT2D eigenvalue weighted by Crippen LogP contribution is 2.23. The number of aromatic nitrogens is 2. The molecule has 0 spiro atoms. The first-order chi connectivity index (χ1) is 5.68. The molecule has 0 amide bonds. The lowest BCUT2D eigenvalue weighted by atomic mass is 10.3. The van der Waals surface area contributed by atoms with Gasteiger partial charge in [-0.1, -0.05) is 0 Å². The van der Waals surface area contributed by atoms with Crippen molar-refractivity contribution in [2.75, 3.05) is 0 Å². The summed E-state index contributed by atoms with van der Waals surface area (Å²) in [7, 11) is 2.02. The van der Waals surface area contributed by atoms with Crippen molar-refractivity contribution in [3.05, 3.63) is 17.5 Å². The first-order valence-corrected chi connectivity index (χ1v) is 4.42. The van der Waals surface area contributed by atoms with Crippen LogP contribution in [0.15, 0.2) is 6.20 Å². The van der Waals surface area contributed by atoms with Crippen molar-refractivity contribution in [1.29, 1.82) is 0 Å². The summed E-state index contributed by atoms with van der Waals surface area (Å²) in [5.74, 6) is 0. The predicted molar refractivity (Wildman–Crippen MR) is 47.6 cm³/mol. The zero-order valence-electron chi connectivity index (χ0n) is 7.91. The molecule has 0 bridgehead atoms. The van der Waals surface area contributed by atoms with Crippen LogP contribution in [0.3, 0.4) is 0 Å². The van der Waals surface area contributed by atoms with E-state index in [0.29, 0.717) is 6.04 Å². The van der Waals surface area contributed by atoms with Crippen molar-refractivity contribution in [3.8, 4) is 0 Å². The van der Waals surface area contributed by atoms with Gasteiger partial charge in [-0.25, -0.2) is 0 Å². The van der Waals surface area contributed by atoms with Gasteiger partial charge in [0, 0.05) is 31.7 Å². The molecule has 66 valence electrons. The Morgan fingerprint density at radius 2 is 2.17 bits per heavy atom. The molecule has 0 radical (unpaired) electrons. The molecular formula is C9H15N3. The minimum atomic E-state index is 0.636. The second-order valence-electron chi connectivity index (χ2n) is 3.74. The molecule has 1 aliphatic heterocycles. The summed E-state index contributed by atoms with van der Waals surface area (Å²) in [5.41, 5.74) is 2.77. The lowest BCUT2D eigenvalue weighted by Crippen LogP contribution is -2.25. The van der Waals surface area contributed by atoms with Crippen molar-refractivity contribution in [2.45, 2.75) is 33.0 Å². The third kappa shape index (κ3) is 1.05. The standard InChI is InChI=1S/C9H15N3/c1-7(2)12-5-8-4-10-11(3)9(8)6-12/h4,7H,5-6H2,1-3H3. The zero-order chi connectivity index (χ0) is 8.72. The molecule has 0 saturated heterocycles. The summed E-state index contributed by atoms with van der Waals surface area (Å²) in [6.07, 6.45) is 1.98. The lowest BCUT2D eigenvalue weighted by Gasteiger charge is -2.19. The fourth-order valence-electron chi connectivity index (χ4n) is 1.68. The molecule has 0 saturated carbocycles. The smallest absolute Gasteiger partial charge is 0.0566 e. The van der Waals surface area contributed by atoms with Gasteiger partial charge < -0.3 is 0 Å². The van der Waals surface area contributed by atoms with E-state index in [4.69, 9.17) is 0 Å². The molecule has 1 aromatic heterocycles. The van der Waals surface area contributed by atoms with Crippen LogP contribution in [0.2, 0.25) is 0 Å². The third-order valence-corrected chi connectivity index (χ3v) is 2.60. The molecule has 0 N–H and O–H groups in total. The Bertz CT molecular complexity index is 288. The van der Waals surface area contributed by atoms with Crippen molar-refractivity contribution >= 4 is 0 Å². The van der Waals surface area contributed by atoms with Crippen LogP contribution in [0.25, 0.3) is 0 Å². The number of nitrogens with zero attached hydrogens (tertiary/aromatic N) is 3. The van der Waals surface area contributed by atoms with Gasteiger partial charge in [-0.15, -0.1) is 0 Å². The molecule has 0 aromatic carbocycles. The summed E-state index contributed by atoms with van der Waals surface area (Å²) in [4.78, 5) is 2.45. The number of rotatable bonds is 1. The van der Waals surface area contributed by atoms with Crippen LogP contribution >= 0.6 is 0 Å². The van der Waals surface area contributed by atoms with Crippen LogP contribution in [0.1, 0.15) is 25.1 Å². The van der Waals surface area contributed by atoms with Gasteiger partial charge >= 0.3 is 0 Å². The van der Waals surface area contributed by atoms with Crippen molar-refractivity contribution in [1.82, 2.24) is 14.7 Å². The van der Waals surface area contributed by atoms with Crippen LogP contribution in [0, 0.1) is 0 Å². The number of hydrogen-bond acceptors (Lipinski definition) is 2. The normalized spacial score (nSPS) is 17.3. The zero-order valence-corrected chi connectivity index (χ0v) is 7.91. The second-order valence-corrected chi connectivity index (χ2v) is 3.74. The first kappa shape index (κ1) is 7.80. The quantitative estimate of drug-likeness (QED) is 0.622. The molecular weight excluding hydrogens is 150 g/mol. The highest BCUT2D eigenvalue weighted by atomic mass is 15.3. The van der Waals surface area contributed by atoms with Gasteiger partial charge in [-0.3, -0.25) is 9.58 Å². The number of aryl methyl sites for hydroxylation is 1. The first-order valence-electron chi connectivity index (χ1n) is 4.42. The van der Waals surface area contributed by atoms with Crippen molar-refractivity contribution in [3.63, 3.8) is 0 Å². The van der Waals surface area contributed by atoms with E-state index in [-0.39, 0.29) is 0 Å². The number of hydrogen-bond donors (Lipinski definition) is 0. The molecule has 3 heteroatoms. The summed E-state index contributed by atoms with van der Waals surface area (Å²) >= 11 is 0. The van der Waals surface area contributed by atoms with E-state index in [1.54, 1.807) is 0 Å². The van der Waals surface area contributed by atoms with E-state index < -0.39 is 0 Å². The Labute approximate surface area is 73.0 Å². The molecule has 2 rings (SSSR count). The predicted octanol–water partition coefficient (Wildman–Crippen LogP) is 1.14. The summed E-state index contributed by atoms with van der Waals surface area (Å²) in [6.45, 7) is 6.60. The largest absolute Gasteiger partial charge is 0.291 e. The molecule has 0 unspecified atom stereocenters. The molecule has 0 aliphatic carbocycles. The molecule has 2 heterocycles. The van der Waals surface area contributed by atoms with Crippen LogP contribution in [0.4, 0.5) is 0 Å². The third-order valence-electron chi connectivity index (χ3n) is 2.60. The van der Waals surface area contributed by atoms with E-state index in [2.05, 4.69) is 23.8 Å². The Hall–Kier alpha value is -0.830. The maximum Gasteiger partial charge on any atom is 0.0566 e. The maximum absolute atomic E-state index is 4.22. The SMILES string of the molecule is CC(C)N1Cc2cnn(C)c2C1. The topological polar surface area (TPSA) is 21.1 Å². The van der Waals surface area contributed by atoms with Crippen LogP contribution in [-0.4, -0.2) is 20.7 Å². The van der Waals surface area contributed by atoms with Gasteiger partial charge in [0.15, 0.2) is 0 Å². The van der Waals surface area contributed by atoms with Gasteiger partial charge in [0.1, 0.15) is 0 Å². The molecule has 0 atom stereocenters. The van der Waals surface area contributed by atoms with Gasteiger partial charge in [0.25, 0.3) is 0 Å². The van der Waals surface area contributed by atoms with Crippen LogP contribution in [-0.2, 0) is 20.1 Å². The van der Waals surface area contributed by atoms with Gasteiger partial charge in [0.05, 0.1) is 11.9 Å². The summed E-state index contributed by atoms with van der Waals surface area (Å²) in [6, 6.07) is 0.636. The van der Waals surface area contributed by atoms with Crippen LogP contribution < -0.4 is 0 Å². The highest BCUT2D eigenvalue weighted by molar-refractivity contribution is 5.21. The summed E-state index contributed by atoms with van der Waals surface area (Å²) < 4.78 is 1.98. The lowest BCUT2D eigenvalue weighted by molar-refractivity contribution is 0.222. The van der Waals surface area contributed by atoms with E-state index in [9.17, 15) is 0 Å². The van der Waals surface area contributed by atoms with Gasteiger partial charge in [-0.05, 0) is 13.8 Å². The van der Waals surface area contributed by atoms with E-state index >= 15 is 0 Å². The fourth-order valence-corrected chi connectivity index (χ4v) is 1.68.